The summed E-state index contributed by atoms with van der Waals surface area (Å²) in [5, 5.41) is 13.7. The predicted molar refractivity (Wildman–Crippen MR) is 51.7 cm³/mol. The van der Waals surface area contributed by atoms with Crippen LogP contribution >= 0.6 is 11.8 Å². The molecule has 0 aromatic heterocycles. The zero-order valence-electron chi connectivity index (χ0n) is 7.16. The molecular weight excluding hydrogens is 174 g/mol. The van der Waals surface area contributed by atoms with E-state index < -0.39 is 5.60 Å². The van der Waals surface area contributed by atoms with Gasteiger partial charge in [0.15, 0.2) is 5.17 Å². The number of amidine groups is 1. The van der Waals surface area contributed by atoms with Crippen LogP contribution in [-0.2, 0) is 0 Å². The molecule has 2 atom stereocenters. The van der Waals surface area contributed by atoms with Gasteiger partial charge in [0.2, 0.25) is 0 Å². The van der Waals surface area contributed by atoms with Crippen LogP contribution in [0.25, 0.3) is 0 Å². The Morgan fingerprint density at radius 2 is 2.42 bits per heavy atom. The Bertz CT molecular complexity index is 193. The quantitative estimate of drug-likeness (QED) is 0.238. The molecule has 0 amide bonds. The lowest BCUT2D eigenvalue weighted by Crippen LogP contribution is -2.33. The van der Waals surface area contributed by atoms with Gasteiger partial charge in [-0.2, -0.15) is 5.10 Å². The Balaban J connectivity index is 2.52. The Morgan fingerprint density at radius 1 is 1.75 bits per heavy atom. The second-order valence-electron chi connectivity index (χ2n) is 3.32. The molecule has 1 rings (SSSR count). The third kappa shape index (κ3) is 2.04. The van der Waals surface area contributed by atoms with Crippen molar-refractivity contribution >= 4 is 16.9 Å². The number of nitrogens with zero attached hydrogens (tertiary/aromatic N) is 1. The van der Waals surface area contributed by atoms with Gasteiger partial charge in [-0.15, -0.1) is 0 Å². The normalized spacial score (nSPS) is 37.2. The fourth-order valence-corrected chi connectivity index (χ4v) is 2.49. The molecule has 0 aromatic rings. The molecule has 12 heavy (non-hydrogen) atoms. The Morgan fingerprint density at radius 3 is 2.83 bits per heavy atom. The van der Waals surface area contributed by atoms with Crippen LogP contribution in [0, 0.1) is 0 Å². The van der Waals surface area contributed by atoms with Gasteiger partial charge in [0.25, 0.3) is 0 Å². The SMILES string of the molecule is CC1(O)CCCC1S/C(N)=N/N. The number of aliphatic hydroxyl groups is 1. The van der Waals surface area contributed by atoms with Crippen LogP contribution in [0.3, 0.4) is 0 Å². The molecule has 5 N–H and O–H groups in total. The summed E-state index contributed by atoms with van der Waals surface area (Å²) in [6.07, 6.45) is 2.86. The van der Waals surface area contributed by atoms with Gasteiger partial charge in [0.1, 0.15) is 0 Å². The summed E-state index contributed by atoms with van der Waals surface area (Å²) in [6.45, 7) is 1.83. The van der Waals surface area contributed by atoms with Crippen molar-refractivity contribution in [3.8, 4) is 0 Å². The monoisotopic (exact) mass is 189 g/mol. The van der Waals surface area contributed by atoms with Crippen LogP contribution in [0.1, 0.15) is 26.2 Å². The van der Waals surface area contributed by atoms with Gasteiger partial charge in [0, 0.05) is 5.25 Å². The van der Waals surface area contributed by atoms with E-state index in [9.17, 15) is 5.11 Å². The Hall–Kier alpha value is -0.420. The van der Waals surface area contributed by atoms with Crippen molar-refractivity contribution in [1.82, 2.24) is 0 Å². The largest absolute Gasteiger partial charge is 0.389 e. The molecule has 1 saturated carbocycles. The van der Waals surface area contributed by atoms with Crippen LogP contribution < -0.4 is 11.6 Å². The average molecular weight is 189 g/mol. The first kappa shape index (κ1) is 9.67. The zero-order valence-corrected chi connectivity index (χ0v) is 7.97. The van der Waals surface area contributed by atoms with Crippen LogP contribution in [0.4, 0.5) is 0 Å². The Kier molecular flexibility index (Phi) is 2.85. The third-order valence-electron chi connectivity index (χ3n) is 2.23. The fraction of sp³-hybridized carbons (Fsp3) is 0.857. The fourth-order valence-electron chi connectivity index (χ4n) is 1.48. The van der Waals surface area contributed by atoms with Crippen molar-refractivity contribution in [2.24, 2.45) is 16.7 Å². The van der Waals surface area contributed by atoms with Crippen LogP contribution in [0.2, 0.25) is 0 Å². The van der Waals surface area contributed by atoms with E-state index in [1.54, 1.807) is 0 Å². The van der Waals surface area contributed by atoms with Gasteiger partial charge in [-0.05, 0) is 26.2 Å². The minimum absolute atomic E-state index is 0.143. The van der Waals surface area contributed by atoms with Crippen LogP contribution in [-0.4, -0.2) is 21.1 Å². The maximum atomic E-state index is 9.83. The molecular formula is C7H15N3OS. The van der Waals surface area contributed by atoms with Gasteiger partial charge in [0.05, 0.1) is 5.60 Å². The highest BCUT2D eigenvalue weighted by molar-refractivity contribution is 8.14. The van der Waals surface area contributed by atoms with E-state index in [4.69, 9.17) is 11.6 Å². The van der Waals surface area contributed by atoms with Crippen LogP contribution in [0.5, 0.6) is 0 Å². The van der Waals surface area contributed by atoms with E-state index in [2.05, 4.69) is 5.10 Å². The van der Waals surface area contributed by atoms with E-state index in [0.29, 0.717) is 5.17 Å². The molecule has 0 aliphatic heterocycles. The van der Waals surface area contributed by atoms with Gasteiger partial charge in [-0.25, -0.2) is 0 Å². The molecule has 0 aromatic carbocycles. The summed E-state index contributed by atoms with van der Waals surface area (Å²) in [7, 11) is 0. The van der Waals surface area contributed by atoms with Gasteiger partial charge in [-0.1, -0.05) is 11.8 Å². The van der Waals surface area contributed by atoms with Crippen molar-refractivity contribution in [2.45, 2.75) is 37.0 Å². The second kappa shape index (κ2) is 3.53. The molecule has 0 heterocycles. The summed E-state index contributed by atoms with van der Waals surface area (Å²) in [6, 6.07) is 0. The number of hydrazone groups is 1. The third-order valence-corrected chi connectivity index (χ3v) is 3.61. The first-order valence-corrected chi connectivity index (χ1v) is 4.86. The van der Waals surface area contributed by atoms with Crippen LogP contribution in [0.15, 0.2) is 5.10 Å². The number of hydrogen-bond donors (Lipinski definition) is 3. The van der Waals surface area contributed by atoms with E-state index >= 15 is 0 Å². The minimum Gasteiger partial charge on any atom is -0.389 e. The number of rotatable bonds is 1. The zero-order chi connectivity index (χ0) is 9.19. The van der Waals surface area contributed by atoms with Crippen molar-refractivity contribution in [3.63, 3.8) is 0 Å². The number of hydrogen-bond acceptors (Lipinski definition) is 4. The van der Waals surface area contributed by atoms with E-state index in [1.807, 2.05) is 6.92 Å². The lowest BCUT2D eigenvalue weighted by atomic mass is 10.1. The number of nitrogens with two attached hydrogens (primary N) is 2. The molecule has 0 radical (unpaired) electrons. The average Bonchev–Trinajstić information content (AvgIpc) is 2.31. The first-order valence-electron chi connectivity index (χ1n) is 3.98. The maximum Gasteiger partial charge on any atom is 0.177 e. The molecule has 1 aliphatic rings. The first-order chi connectivity index (χ1) is 5.56. The van der Waals surface area contributed by atoms with Crippen molar-refractivity contribution in [2.75, 3.05) is 0 Å². The second-order valence-corrected chi connectivity index (χ2v) is 4.55. The lowest BCUT2D eigenvalue weighted by Gasteiger charge is -2.24. The minimum atomic E-state index is -0.611. The molecule has 1 fully saturated rings. The van der Waals surface area contributed by atoms with Gasteiger partial charge in [-0.3, -0.25) is 0 Å². The van der Waals surface area contributed by atoms with E-state index in [1.165, 1.54) is 11.8 Å². The molecule has 0 spiro atoms. The Labute approximate surface area is 76.4 Å². The molecule has 4 nitrogen and oxygen atoms in total. The number of thioether (sulfide) groups is 1. The molecule has 70 valence electrons. The summed E-state index contributed by atoms with van der Waals surface area (Å²) < 4.78 is 0. The standard InChI is InChI=1S/C7H15N3OS/c1-7(11)4-2-3-5(7)12-6(8)10-9/h5,11H,2-4,9H2,1H3,(H2,8,10). The highest BCUT2D eigenvalue weighted by Gasteiger charge is 2.37. The smallest absolute Gasteiger partial charge is 0.177 e. The summed E-state index contributed by atoms with van der Waals surface area (Å²) in [5.41, 5.74) is 4.84. The summed E-state index contributed by atoms with van der Waals surface area (Å²) in [4.78, 5) is 0. The molecule has 5 heteroatoms. The molecule has 0 bridgehead atoms. The van der Waals surface area contributed by atoms with Gasteiger partial charge < -0.3 is 16.7 Å². The topological polar surface area (TPSA) is 84.6 Å². The highest BCUT2D eigenvalue weighted by atomic mass is 32.2. The maximum absolute atomic E-state index is 9.83. The van der Waals surface area contributed by atoms with Crippen molar-refractivity contribution in [3.05, 3.63) is 0 Å². The lowest BCUT2D eigenvalue weighted by molar-refractivity contribution is 0.0736. The summed E-state index contributed by atoms with van der Waals surface area (Å²) in [5.74, 6) is 5.00. The summed E-state index contributed by atoms with van der Waals surface area (Å²) >= 11 is 1.37. The molecule has 1 aliphatic carbocycles. The van der Waals surface area contributed by atoms with E-state index in [-0.39, 0.29) is 5.25 Å². The van der Waals surface area contributed by atoms with Gasteiger partial charge >= 0.3 is 0 Å². The highest BCUT2D eigenvalue weighted by Crippen LogP contribution is 2.37. The molecule has 2 unspecified atom stereocenters. The molecule has 0 saturated heterocycles. The van der Waals surface area contributed by atoms with Crippen molar-refractivity contribution in [1.29, 1.82) is 0 Å². The van der Waals surface area contributed by atoms with E-state index in [0.717, 1.165) is 19.3 Å². The van der Waals surface area contributed by atoms with Crippen molar-refractivity contribution < 1.29 is 5.11 Å². The predicted octanol–water partition coefficient (Wildman–Crippen LogP) is 0.212.